The molecule has 3 rings (SSSR count). The third-order valence-electron chi connectivity index (χ3n) is 4.87. The van der Waals surface area contributed by atoms with Crippen LogP contribution in [0.1, 0.15) is 36.5 Å². The second kappa shape index (κ2) is 8.51. The number of sulfonamides is 1. The highest BCUT2D eigenvalue weighted by Gasteiger charge is 2.30. The van der Waals surface area contributed by atoms with Crippen LogP contribution in [0.5, 0.6) is 5.75 Å². The van der Waals surface area contributed by atoms with Crippen LogP contribution in [0, 0.1) is 0 Å². The molecule has 1 atom stereocenters. The van der Waals surface area contributed by atoms with Gasteiger partial charge in [-0.3, -0.25) is 4.79 Å². The quantitative estimate of drug-likeness (QED) is 0.784. The van der Waals surface area contributed by atoms with Crippen molar-refractivity contribution in [2.75, 3.05) is 19.0 Å². The first kappa shape index (κ1) is 20.6. The van der Waals surface area contributed by atoms with E-state index >= 15 is 0 Å². The number of halogens is 1. The average Bonchev–Trinajstić information content (AvgIpc) is 2.68. The number of hydrogen-bond acceptors (Lipinski definition) is 4. The number of benzene rings is 2. The molecule has 1 fully saturated rings. The molecule has 2 aromatic carbocycles. The summed E-state index contributed by atoms with van der Waals surface area (Å²) in [6, 6.07) is 10.9. The maximum atomic E-state index is 12.9. The van der Waals surface area contributed by atoms with Crippen molar-refractivity contribution in [2.24, 2.45) is 0 Å². The summed E-state index contributed by atoms with van der Waals surface area (Å²) in [5.41, 5.74) is 0.882. The number of nitrogens with one attached hydrogen (secondary N) is 1. The van der Waals surface area contributed by atoms with Crippen molar-refractivity contribution in [3.8, 4) is 5.75 Å². The molecule has 150 valence electrons. The van der Waals surface area contributed by atoms with Crippen LogP contribution in [0.4, 0.5) is 5.69 Å². The molecule has 1 amide bonds. The highest BCUT2D eigenvalue weighted by molar-refractivity contribution is 7.89. The fourth-order valence-corrected chi connectivity index (χ4v) is 5.25. The first-order chi connectivity index (χ1) is 13.3. The fourth-order valence-electron chi connectivity index (χ4n) is 3.29. The van der Waals surface area contributed by atoms with Gasteiger partial charge in [-0.05, 0) is 62.2 Å². The average molecular weight is 423 g/mol. The normalized spacial score (nSPS) is 17.9. The Labute approximate surface area is 170 Å². The highest BCUT2D eigenvalue weighted by Crippen LogP contribution is 2.28. The molecule has 8 heteroatoms. The summed E-state index contributed by atoms with van der Waals surface area (Å²) in [7, 11) is -2.04. The summed E-state index contributed by atoms with van der Waals surface area (Å²) in [4.78, 5) is 12.6. The lowest BCUT2D eigenvalue weighted by molar-refractivity contribution is 0.102. The number of amides is 1. The van der Waals surface area contributed by atoms with Gasteiger partial charge in [0.25, 0.3) is 5.91 Å². The van der Waals surface area contributed by atoms with E-state index in [-0.39, 0.29) is 16.8 Å². The van der Waals surface area contributed by atoms with Gasteiger partial charge in [-0.25, -0.2) is 8.42 Å². The minimum atomic E-state index is -3.56. The van der Waals surface area contributed by atoms with E-state index in [1.165, 1.54) is 31.4 Å². The van der Waals surface area contributed by atoms with Gasteiger partial charge in [-0.1, -0.05) is 18.0 Å². The smallest absolute Gasteiger partial charge is 0.255 e. The number of anilines is 1. The van der Waals surface area contributed by atoms with Gasteiger partial charge in [0.1, 0.15) is 5.75 Å². The molecule has 0 saturated carbocycles. The van der Waals surface area contributed by atoms with E-state index in [2.05, 4.69) is 5.32 Å². The summed E-state index contributed by atoms with van der Waals surface area (Å²) in [6.07, 6.45) is 2.78. The standard InChI is InChI=1S/C20H23ClN2O4S/c1-14-5-3-4-12-23(14)28(25,26)17-9-6-15(7-10-17)20(24)22-16-8-11-19(27-2)18(21)13-16/h6-11,13-14H,3-5,12H2,1-2H3,(H,22,24). The van der Waals surface area contributed by atoms with E-state index in [0.29, 0.717) is 28.6 Å². The number of ether oxygens (including phenoxy) is 1. The lowest BCUT2D eigenvalue weighted by Crippen LogP contribution is -2.41. The summed E-state index contributed by atoms with van der Waals surface area (Å²) in [6.45, 7) is 2.46. The minimum Gasteiger partial charge on any atom is -0.495 e. The maximum absolute atomic E-state index is 12.9. The maximum Gasteiger partial charge on any atom is 0.255 e. The zero-order valence-corrected chi connectivity index (χ0v) is 17.4. The summed E-state index contributed by atoms with van der Waals surface area (Å²) in [5.74, 6) is 0.165. The Morgan fingerprint density at radius 1 is 1.18 bits per heavy atom. The topological polar surface area (TPSA) is 75.7 Å². The monoisotopic (exact) mass is 422 g/mol. The molecule has 0 radical (unpaired) electrons. The Hall–Kier alpha value is -2.09. The van der Waals surface area contributed by atoms with Crippen molar-refractivity contribution >= 4 is 33.2 Å². The van der Waals surface area contributed by atoms with E-state index in [0.717, 1.165) is 19.3 Å². The largest absolute Gasteiger partial charge is 0.495 e. The van der Waals surface area contributed by atoms with Gasteiger partial charge in [0.2, 0.25) is 10.0 Å². The zero-order valence-electron chi connectivity index (χ0n) is 15.8. The van der Waals surface area contributed by atoms with Crippen molar-refractivity contribution in [3.63, 3.8) is 0 Å². The second-order valence-corrected chi connectivity index (χ2v) is 9.09. The van der Waals surface area contributed by atoms with Gasteiger partial charge in [0.05, 0.1) is 17.0 Å². The molecule has 6 nitrogen and oxygen atoms in total. The lowest BCUT2D eigenvalue weighted by atomic mass is 10.1. The second-order valence-electron chi connectivity index (χ2n) is 6.79. The Balaban J connectivity index is 1.74. The molecule has 1 heterocycles. The van der Waals surface area contributed by atoms with E-state index in [9.17, 15) is 13.2 Å². The zero-order chi connectivity index (χ0) is 20.3. The molecule has 0 spiro atoms. The first-order valence-electron chi connectivity index (χ1n) is 9.09. The molecule has 0 aromatic heterocycles. The van der Waals surface area contributed by atoms with Crippen LogP contribution < -0.4 is 10.1 Å². The number of carbonyl (C=O) groups excluding carboxylic acids is 1. The van der Waals surface area contributed by atoms with Crippen molar-refractivity contribution in [1.29, 1.82) is 0 Å². The Morgan fingerprint density at radius 3 is 2.50 bits per heavy atom. The SMILES string of the molecule is COc1ccc(NC(=O)c2ccc(S(=O)(=O)N3CCCCC3C)cc2)cc1Cl. The predicted octanol–water partition coefficient (Wildman–Crippen LogP) is 4.16. The number of methoxy groups -OCH3 is 1. The van der Waals surface area contributed by atoms with Crippen LogP contribution in [0.3, 0.4) is 0 Å². The summed E-state index contributed by atoms with van der Waals surface area (Å²) >= 11 is 6.07. The van der Waals surface area contributed by atoms with Crippen LogP contribution >= 0.6 is 11.6 Å². The molecule has 1 saturated heterocycles. The van der Waals surface area contributed by atoms with Crippen LogP contribution in [-0.2, 0) is 10.0 Å². The number of hydrogen-bond donors (Lipinski definition) is 1. The van der Waals surface area contributed by atoms with Gasteiger partial charge in [0, 0.05) is 23.8 Å². The Morgan fingerprint density at radius 2 is 1.89 bits per heavy atom. The van der Waals surface area contributed by atoms with E-state index in [1.807, 2.05) is 6.92 Å². The van der Waals surface area contributed by atoms with Gasteiger partial charge < -0.3 is 10.1 Å². The molecule has 0 aliphatic carbocycles. The van der Waals surface area contributed by atoms with Crippen molar-refractivity contribution in [1.82, 2.24) is 4.31 Å². The molecule has 0 bridgehead atoms. The lowest BCUT2D eigenvalue weighted by Gasteiger charge is -2.32. The summed E-state index contributed by atoms with van der Waals surface area (Å²) < 4.78 is 32.4. The number of carbonyl (C=O) groups is 1. The van der Waals surface area contributed by atoms with Crippen LogP contribution in [0.15, 0.2) is 47.4 Å². The third-order valence-corrected chi connectivity index (χ3v) is 7.20. The molecule has 28 heavy (non-hydrogen) atoms. The van der Waals surface area contributed by atoms with Crippen LogP contribution in [0.25, 0.3) is 0 Å². The third kappa shape index (κ3) is 4.32. The molecule has 1 unspecified atom stereocenters. The number of piperidine rings is 1. The van der Waals surface area contributed by atoms with E-state index < -0.39 is 10.0 Å². The predicted molar refractivity (Wildman–Crippen MR) is 110 cm³/mol. The Bertz CT molecular complexity index is 961. The van der Waals surface area contributed by atoms with Gasteiger partial charge in [0.15, 0.2) is 0 Å². The van der Waals surface area contributed by atoms with Gasteiger partial charge >= 0.3 is 0 Å². The van der Waals surface area contributed by atoms with Crippen molar-refractivity contribution < 1.29 is 17.9 Å². The highest BCUT2D eigenvalue weighted by atomic mass is 35.5. The summed E-state index contributed by atoms with van der Waals surface area (Å²) in [5, 5.41) is 3.13. The van der Waals surface area contributed by atoms with Crippen molar-refractivity contribution in [3.05, 3.63) is 53.1 Å². The molecule has 2 aromatic rings. The molecular weight excluding hydrogens is 400 g/mol. The molecular formula is C20H23ClN2O4S. The van der Waals surface area contributed by atoms with E-state index in [1.54, 1.807) is 22.5 Å². The van der Waals surface area contributed by atoms with Gasteiger partial charge in [-0.15, -0.1) is 0 Å². The van der Waals surface area contributed by atoms with Crippen LogP contribution in [-0.4, -0.2) is 38.3 Å². The number of nitrogens with zero attached hydrogens (tertiary/aromatic N) is 1. The number of rotatable bonds is 5. The van der Waals surface area contributed by atoms with E-state index in [4.69, 9.17) is 16.3 Å². The molecule has 1 N–H and O–H groups in total. The van der Waals surface area contributed by atoms with Crippen LogP contribution in [0.2, 0.25) is 5.02 Å². The van der Waals surface area contributed by atoms with Crippen molar-refractivity contribution in [2.45, 2.75) is 37.1 Å². The fraction of sp³-hybridized carbons (Fsp3) is 0.350. The first-order valence-corrected chi connectivity index (χ1v) is 10.9. The molecule has 1 aliphatic heterocycles. The van der Waals surface area contributed by atoms with Gasteiger partial charge in [-0.2, -0.15) is 4.31 Å². The molecule has 1 aliphatic rings. The Kier molecular flexibility index (Phi) is 6.27. The minimum absolute atomic E-state index is 0.0125.